The Labute approximate surface area is 156 Å². The van der Waals surface area contributed by atoms with Crippen LogP contribution < -0.4 is 10.2 Å². The molecule has 1 aliphatic heterocycles. The fourth-order valence-corrected chi connectivity index (χ4v) is 3.05. The lowest BCUT2D eigenvalue weighted by Gasteiger charge is -2.15. The maximum atomic E-state index is 12.4. The van der Waals surface area contributed by atoms with Gasteiger partial charge in [-0.05, 0) is 30.7 Å². The summed E-state index contributed by atoms with van der Waals surface area (Å²) < 4.78 is 0. The summed E-state index contributed by atoms with van der Waals surface area (Å²) in [5.74, 6) is 0.487. The van der Waals surface area contributed by atoms with Crippen LogP contribution in [0.4, 0.5) is 11.4 Å². The number of aromatic nitrogens is 2. The van der Waals surface area contributed by atoms with Gasteiger partial charge in [-0.2, -0.15) is 0 Å². The van der Waals surface area contributed by atoms with E-state index in [1.54, 1.807) is 41.6 Å². The van der Waals surface area contributed by atoms with Gasteiger partial charge in [-0.1, -0.05) is 30.3 Å². The smallest absolute Gasteiger partial charge is 0.255 e. The number of anilines is 2. The first-order valence-corrected chi connectivity index (χ1v) is 8.80. The molecular formula is C21H18N4O2. The van der Waals surface area contributed by atoms with Crippen molar-refractivity contribution in [2.24, 2.45) is 0 Å². The summed E-state index contributed by atoms with van der Waals surface area (Å²) in [7, 11) is 0. The van der Waals surface area contributed by atoms with Gasteiger partial charge in [-0.3, -0.25) is 9.59 Å². The van der Waals surface area contributed by atoms with Crippen LogP contribution in [0.5, 0.6) is 0 Å². The van der Waals surface area contributed by atoms with Crippen LogP contribution in [0, 0.1) is 0 Å². The van der Waals surface area contributed by atoms with Gasteiger partial charge in [0.05, 0.1) is 18.1 Å². The third-order valence-electron chi connectivity index (χ3n) is 4.46. The summed E-state index contributed by atoms with van der Waals surface area (Å²) in [6.07, 6.45) is 4.64. The van der Waals surface area contributed by atoms with E-state index in [1.807, 2.05) is 30.3 Å². The van der Waals surface area contributed by atoms with Gasteiger partial charge in [0.25, 0.3) is 5.91 Å². The average molecular weight is 358 g/mol. The molecule has 1 aromatic heterocycles. The number of nitrogens with zero attached hydrogens (tertiary/aromatic N) is 3. The van der Waals surface area contributed by atoms with E-state index in [0.29, 0.717) is 23.5 Å². The molecule has 6 heteroatoms. The van der Waals surface area contributed by atoms with E-state index in [1.165, 1.54) is 0 Å². The van der Waals surface area contributed by atoms with E-state index >= 15 is 0 Å². The van der Waals surface area contributed by atoms with Gasteiger partial charge < -0.3 is 10.2 Å². The molecule has 2 aromatic carbocycles. The average Bonchev–Trinajstić information content (AvgIpc) is 3.15. The predicted molar refractivity (Wildman–Crippen MR) is 103 cm³/mol. The molecule has 0 bridgehead atoms. The Bertz CT molecular complexity index is 954. The summed E-state index contributed by atoms with van der Waals surface area (Å²) in [5.41, 5.74) is 2.78. The molecule has 0 atom stereocenters. The van der Waals surface area contributed by atoms with Crippen LogP contribution in [0.25, 0.3) is 11.4 Å². The molecule has 2 amide bonds. The molecule has 0 unspecified atom stereocenters. The van der Waals surface area contributed by atoms with Crippen molar-refractivity contribution >= 4 is 23.2 Å². The minimum atomic E-state index is -0.245. The minimum Gasteiger partial charge on any atom is -0.319 e. The Morgan fingerprint density at radius 3 is 2.30 bits per heavy atom. The monoisotopic (exact) mass is 358 g/mol. The molecule has 4 rings (SSSR count). The van der Waals surface area contributed by atoms with Gasteiger partial charge in [0.15, 0.2) is 5.82 Å². The first-order chi connectivity index (χ1) is 13.2. The molecule has 27 heavy (non-hydrogen) atoms. The van der Waals surface area contributed by atoms with E-state index in [2.05, 4.69) is 15.3 Å². The highest BCUT2D eigenvalue weighted by atomic mass is 16.2. The van der Waals surface area contributed by atoms with Gasteiger partial charge in [-0.15, -0.1) is 0 Å². The Balaban J connectivity index is 1.43. The Kier molecular flexibility index (Phi) is 4.61. The molecule has 1 aliphatic rings. The van der Waals surface area contributed by atoms with Crippen molar-refractivity contribution in [1.29, 1.82) is 0 Å². The fourth-order valence-electron chi connectivity index (χ4n) is 3.05. The third kappa shape index (κ3) is 3.69. The molecular weight excluding hydrogens is 340 g/mol. The standard InChI is InChI=1S/C21H18N4O2/c26-19-7-4-12-25(19)18-10-8-16(9-11-18)21(27)24-17-13-22-20(23-14-17)15-5-2-1-3-6-15/h1-3,5-6,8-11,13-14H,4,7,12H2,(H,24,27). The first-order valence-electron chi connectivity index (χ1n) is 8.80. The van der Waals surface area contributed by atoms with Crippen molar-refractivity contribution in [1.82, 2.24) is 9.97 Å². The lowest BCUT2D eigenvalue weighted by Crippen LogP contribution is -2.23. The Morgan fingerprint density at radius 1 is 0.963 bits per heavy atom. The van der Waals surface area contributed by atoms with Crippen LogP contribution in [-0.2, 0) is 4.79 Å². The summed E-state index contributed by atoms with van der Waals surface area (Å²) in [5, 5.41) is 2.79. The summed E-state index contributed by atoms with van der Waals surface area (Å²) in [4.78, 5) is 34.6. The second kappa shape index (κ2) is 7.37. The van der Waals surface area contributed by atoms with Gasteiger partial charge in [0, 0.05) is 29.8 Å². The van der Waals surface area contributed by atoms with Crippen molar-refractivity contribution in [2.45, 2.75) is 12.8 Å². The maximum absolute atomic E-state index is 12.4. The molecule has 134 valence electrons. The summed E-state index contributed by atoms with van der Waals surface area (Å²) in [6.45, 7) is 0.732. The molecule has 6 nitrogen and oxygen atoms in total. The van der Waals surface area contributed by atoms with Crippen LogP contribution in [0.1, 0.15) is 23.2 Å². The lowest BCUT2D eigenvalue weighted by molar-refractivity contribution is -0.117. The number of benzene rings is 2. The van der Waals surface area contributed by atoms with Gasteiger partial charge in [0.1, 0.15) is 0 Å². The zero-order valence-corrected chi connectivity index (χ0v) is 14.6. The van der Waals surface area contributed by atoms with Crippen molar-refractivity contribution < 1.29 is 9.59 Å². The number of carbonyl (C=O) groups is 2. The molecule has 3 aromatic rings. The second-order valence-electron chi connectivity index (χ2n) is 6.31. The molecule has 0 radical (unpaired) electrons. The van der Waals surface area contributed by atoms with Gasteiger partial charge in [-0.25, -0.2) is 9.97 Å². The number of nitrogens with one attached hydrogen (secondary N) is 1. The van der Waals surface area contributed by atoms with Crippen molar-refractivity contribution in [3.63, 3.8) is 0 Å². The number of carbonyl (C=O) groups excluding carboxylic acids is 2. The molecule has 1 fully saturated rings. The topological polar surface area (TPSA) is 75.2 Å². The summed E-state index contributed by atoms with van der Waals surface area (Å²) in [6, 6.07) is 16.7. The molecule has 0 saturated carbocycles. The molecule has 0 spiro atoms. The first kappa shape index (κ1) is 16.9. The van der Waals surface area contributed by atoms with Crippen molar-refractivity contribution in [3.05, 3.63) is 72.6 Å². The quantitative estimate of drug-likeness (QED) is 0.774. The van der Waals surface area contributed by atoms with Crippen LogP contribution in [0.2, 0.25) is 0 Å². The maximum Gasteiger partial charge on any atom is 0.255 e. The SMILES string of the molecule is O=C(Nc1cnc(-c2ccccc2)nc1)c1ccc(N2CCCC2=O)cc1. The van der Waals surface area contributed by atoms with Crippen molar-refractivity contribution in [2.75, 3.05) is 16.8 Å². The van der Waals surface area contributed by atoms with E-state index in [-0.39, 0.29) is 11.8 Å². The molecule has 2 heterocycles. The zero-order valence-electron chi connectivity index (χ0n) is 14.6. The van der Waals surface area contributed by atoms with Crippen LogP contribution in [-0.4, -0.2) is 28.3 Å². The Morgan fingerprint density at radius 2 is 1.67 bits per heavy atom. The largest absolute Gasteiger partial charge is 0.319 e. The summed E-state index contributed by atoms with van der Waals surface area (Å²) >= 11 is 0. The van der Waals surface area contributed by atoms with Crippen LogP contribution in [0.15, 0.2) is 67.0 Å². The Hall–Kier alpha value is -3.54. The number of hydrogen-bond donors (Lipinski definition) is 1. The number of hydrogen-bond acceptors (Lipinski definition) is 4. The predicted octanol–water partition coefficient (Wildman–Crippen LogP) is 3.52. The second-order valence-corrected chi connectivity index (χ2v) is 6.31. The van der Waals surface area contributed by atoms with Gasteiger partial charge in [0.2, 0.25) is 5.91 Å². The molecule has 0 aliphatic carbocycles. The third-order valence-corrected chi connectivity index (χ3v) is 4.46. The normalized spacial score (nSPS) is 13.6. The highest BCUT2D eigenvalue weighted by molar-refractivity contribution is 6.04. The van der Waals surface area contributed by atoms with Gasteiger partial charge >= 0.3 is 0 Å². The highest BCUT2D eigenvalue weighted by Gasteiger charge is 2.21. The van der Waals surface area contributed by atoms with E-state index < -0.39 is 0 Å². The van der Waals surface area contributed by atoms with E-state index in [0.717, 1.165) is 24.2 Å². The van der Waals surface area contributed by atoms with Crippen LogP contribution >= 0.6 is 0 Å². The lowest BCUT2D eigenvalue weighted by atomic mass is 10.2. The number of amides is 2. The van der Waals surface area contributed by atoms with E-state index in [4.69, 9.17) is 0 Å². The fraction of sp³-hybridized carbons (Fsp3) is 0.143. The minimum absolute atomic E-state index is 0.128. The zero-order chi connectivity index (χ0) is 18.6. The van der Waals surface area contributed by atoms with Crippen LogP contribution in [0.3, 0.4) is 0 Å². The highest BCUT2D eigenvalue weighted by Crippen LogP contribution is 2.22. The molecule has 1 N–H and O–H groups in total. The van der Waals surface area contributed by atoms with E-state index in [9.17, 15) is 9.59 Å². The molecule has 1 saturated heterocycles. The number of rotatable bonds is 4. The van der Waals surface area contributed by atoms with Crippen molar-refractivity contribution in [3.8, 4) is 11.4 Å².